The molecule has 0 aliphatic rings. The van der Waals surface area contributed by atoms with Gasteiger partial charge in [0, 0.05) is 0 Å². The summed E-state index contributed by atoms with van der Waals surface area (Å²) in [6.07, 6.45) is 0. The summed E-state index contributed by atoms with van der Waals surface area (Å²) >= 11 is 0. The molecule has 90 valence electrons. The van der Waals surface area contributed by atoms with Gasteiger partial charge in [0.05, 0.1) is 12.8 Å². The van der Waals surface area contributed by atoms with Gasteiger partial charge in [-0.05, 0) is 25.5 Å². The Hall–Kier alpha value is -2.17. The predicted molar refractivity (Wildman–Crippen MR) is 68.4 cm³/mol. The van der Waals surface area contributed by atoms with Gasteiger partial charge in [0.15, 0.2) is 5.82 Å². The molecule has 0 fully saturated rings. The third kappa shape index (κ3) is 1.80. The van der Waals surface area contributed by atoms with Gasteiger partial charge < -0.3 is 16.2 Å². The van der Waals surface area contributed by atoms with Crippen molar-refractivity contribution in [3.8, 4) is 11.6 Å². The van der Waals surface area contributed by atoms with Crippen LogP contribution in [0.25, 0.3) is 5.69 Å². The molecule has 0 saturated heterocycles. The van der Waals surface area contributed by atoms with E-state index in [1.807, 2.05) is 26.0 Å². The second kappa shape index (κ2) is 4.01. The van der Waals surface area contributed by atoms with Crippen molar-refractivity contribution < 1.29 is 4.74 Å². The van der Waals surface area contributed by atoms with Crippen LogP contribution in [0.1, 0.15) is 11.1 Å². The molecule has 2 rings (SSSR count). The first-order chi connectivity index (χ1) is 8.04. The summed E-state index contributed by atoms with van der Waals surface area (Å²) in [6, 6.07) is 6.04. The van der Waals surface area contributed by atoms with Crippen LogP contribution >= 0.6 is 0 Å². The van der Waals surface area contributed by atoms with Crippen LogP contribution < -0.4 is 16.2 Å². The zero-order valence-corrected chi connectivity index (χ0v) is 10.2. The van der Waals surface area contributed by atoms with E-state index in [1.165, 1.54) is 12.7 Å². The molecule has 4 N–H and O–H groups in total. The minimum Gasteiger partial charge on any atom is -0.478 e. The van der Waals surface area contributed by atoms with Crippen molar-refractivity contribution in [2.75, 3.05) is 18.6 Å². The van der Waals surface area contributed by atoms with Gasteiger partial charge in [-0.15, -0.1) is 5.10 Å². The van der Waals surface area contributed by atoms with Gasteiger partial charge in [-0.3, -0.25) is 0 Å². The molecule has 0 bridgehead atoms. The maximum atomic E-state index is 5.91. The molecule has 0 aliphatic heterocycles. The lowest BCUT2D eigenvalue weighted by Crippen LogP contribution is -2.04. The van der Waals surface area contributed by atoms with Crippen LogP contribution in [0.3, 0.4) is 0 Å². The fourth-order valence-electron chi connectivity index (χ4n) is 1.80. The molecule has 0 atom stereocenters. The van der Waals surface area contributed by atoms with Crippen molar-refractivity contribution in [1.29, 1.82) is 0 Å². The van der Waals surface area contributed by atoms with Crippen LogP contribution in [0.4, 0.5) is 11.5 Å². The first-order valence-corrected chi connectivity index (χ1v) is 5.30. The number of ether oxygens (including phenoxy) is 1. The van der Waals surface area contributed by atoms with Crippen LogP contribution in [0.5, 0.6) is 5.88 Å². The number of nitrogens with two attached hydrogens (primary N) is 2. The number of hydrogen-bond acceptors (Lipinski definition) is 4. The van der Waals surface area contributed by atoms with Crippen molar-refractivity contribution in [3.63, 3.8) is 0 Å². The molecule has 2 aromatic rings. The molecular weight excluding hydrogens is 216 g/mol. The van der Waals surface area contributed by atoms with Crippen LogP contribution in [0.2, 0.25) is 0 Å². The number of benzene rings is 1. The molecule has 17 heavy (non-hydrogen) atoms. The van der Waals surface area contributed by atoms with E-state index in [0.29, 0.717) is 17.4 Å². The zero-order valence-electron chi connectivity index (χ0n) is 10.2. The molecule has 0 amide bonds. The zero-order chi connectivity index (χ0) is 12.6. The molecule has 0 unspecified atom stereocenters. The molecule has 1 aromatic heterocycles. The van der Waals surface area contributed by atoms with E-state index in [1.54, 1.807) is 4.68 Å². The second-order valence-corrected chi connectivity index (χ2v) is 4.01. The number of aromatic nitrogens is 2. The van der Waals surface area contributed by atoms with Crippen molar-refractivity contribution in [2.45, 2.75) is 13.8 Å². The summed E-state index contributed by atoms with van der Waals surface area (Å²) in [7, 11) is 1.52. The van der Waals surface area contributed by atoms with Gasteiger partial charge >= 0.3 is 0 Å². The number of anilines is 2. The molecule has 0 saturated carbocycles. The molecular formula is C12H16N4O. The Kier molecular flexibility index (Phi) is 2.67. The SMILES string of the molecule is COc1nn(-c2ccc(C)cc2C)c(N)c1N. The van der Waals surface area contributed by atoms with E-state index >= 15 is 0 Å². The first-order valence-electron chi connectivity index (χ1n) is 5.30. The molecule has 0 aliphatic carbocycles. The monoisotopic (exact) mass is 232 g/mol. The summed E-state index contributed by atoms with van der Waals surface area (Å²) in [5.41, 5.74) is 15.3. The Morgan fingerprint density at radius 1 is 1.24 bits per heavy atom. The Labute approximate surface area is 100.0 Å². The largest absolute Gasteiger partial charge is 0.478 e. The highest BCUT2D eigenvalue weighted by Gasteiger charge is 2.15. The van der Waals surface area contributed by atoms with E-state index in [9.17, 15) is 0 Å². The summed E-state index contributed by atoms with van der Waals surface area (Å²) in [6.45, 7) is 4.05. The second-order valence-electron chi connectivity index (χ2n) is 4.01. The molecule has 5 heteroatoms. The van der Waals surface area contributed by atoms with Crippen molar-refractivity contribution in [3.05, 3.63) is 29.3 Å². The van der Waals surface area contributed by atoms with Gasteiger partial charge in [-0.2, -0.15) is 0 Å². The van der Waals surface area contributed by atoms with Gasteiger partial charge in [-0.25, -0.2) is 4.68 Å². The van der Waals surface area contributed by atoms with Gasteiger partial charge in [0.2, 0.25) is 0 Å². The quantitative estimate of drug-likeness (QED) is 0.825. The van der Waals surface area contributed by atoms with Crippen molar-refractivity contribution in [2.24, 2.45) is 0 Å². The average Bonchev–Trinajstić information content (AvgIpc) is 2.57. The maximum absolute atomic E-state index is 5.91. The lowest BCUT2D eigenvalue weighted by molar-refractivity contribution is 0.396. The highest BCUT2D eigenvalue weighted by atomic mass is 16.5. The average molecular weight is 232 g/mol. The maximum Gasteiger partial charge on any atom is 0.258 e. The van der Waals surface area contributed by atoms with E-state index in [2.05, 4.69) is 11.2 Å². The predicted octanol–water partition coefficient (Wildman–Crippen LogP) is 1.66. The number of aryl methyl sites for hydroxylation is 2. The minimum atomic E-state index is 0.350. The van der Waals surface area contributed by atoms with E-state index in [4.69, 9.17) is 16.2 Å². The number of rotatable bonds is 2. The van der Waals surface area contributed by atoms with Gasteiger partial charge in [0.1, 0.15) is 5.69 Å². The highest BCUT2D eigenvalue weighted by Crippen LogP contribution is 2.29. The Morgan fingerprint density at radius 3 is 2.47 bits per heavy atom. The summed E-state index contributed by atoms with van der Waals surface area (Å²) in [5, 5.41) is 4.23. The standard InChI is InChI=1S/C12H16N4O/c1-7-4-5-9(8(2)6-7)16-11(14)10(13)12(15-16)17-3/h4-6H,13-14H2,1-3H3. The van der Waals surface area contributed by atoms with Crippen LogP contribution in [0.15, 0.2) is 18.2 Å². The third-order valence-corrected chi connectivity index (χ3v) is 2.70. The minimum absolute atomic E-state index is 0.350. The lowest BCUT2D eigenvalue weighted by Gasteiger charge is -2.08. The van der Waals surface area contributed by atoms with Crippen molar-refractivity contribution in [1.82, 2.24) is 9.78 Å². The molecule has 1 aromatic carbocycles. The molecule has 1 heterocycles. The smallest absolute Gasteiger partial charge is 0.258 e. The number of nitrogen functional groups attached to an aromatic ring is 2. The highest BCUT2D eigenvalue weighted by molar-refractivity contribution is 5.68. The number of nitrogens with zero attached hydrogens (tertiary/aromatic N) is 2. The fourth-order valence-corrected chi connectivity index (χ4v) is 1.80. The number of hydrogen-bond donors (Lipinski definition) is 2. The third-order valence-electron chi connectivity index (χ3n) is 2.70. The van der Waals surface area contributed by atoms with Crippen LogP contribution in [0, 0.1) is 13.8 Å². The number of methoxy groups -OCH3 is 1. The Bertz CT molecular complexity index is 560. The molecule has 0 spiro atoms. The first kappa shape index (κ1) is 11.3. The van der Waals surface area contributed by atoms with E-state index in [-0.39, 0.29) is 0 Å². The van der Waals surface area contributed by atoms with Gasteiger partial charge in [0.25, 0.3) is 5.88 Å². The topological polar surface area (TPSA) is 79.1 Å². The normalized spacial score (nSPS) is 10.5. The Balaban J connectivity index is 2.60. The lowest BCUT2D eigenvalue weighted by atomic mass is 10.1. The van der Waals surface area contributed by atoms with E-state index < -0.39 is 0 Å². The summed E-state index contributed by atoms with van der Waals surface area (Å²) in [4.78, 5) is 0. The molecule has 0 radical (unpaired) electrons. The van der Waals surface area contributed by atoms with Gasteiger partial charge in [-0.1, -0.05) is 17.7 Å². The van der Waals surface area contributed by atoms with E-state index in [0.717, 1.165) is 11.3 Å². The van der Waals surface area contributed by atoms with Crippen LogP contribution in [-0.2, 0) is 0 Å². The summed E-state index contributed by atoms with van der Waals surface area (Å²) < 4.78 is 6.65. The Morgan fingerprint density at radius 2 is 1.94 bits per heavy atom. The molecule has 5 nitrogen and oxygen atoms in total. The van der Waals surface area contributed by atoms with Crippen molar-refractivity contribution >= 4 is 11.5 Å². The summed E-state index contributed by atoms with van der Waals surface area (Å²) in [5.74, 6) is 0.747. The fraction of sp³-hybridized carbons (Fsp3) is 0.250. The van der Waals surface area contributed by atoms with Crippen LogP contribution in [-0.4, -0.2) is 16.9 Å².